The van der Waals surface area contributed by atoms with Crippen LogP contribution in [0, 0.1) is 0 Å². The third-order valence-electron chi connectivity index (χ3n) is 3.46. The van der Waals surface area contributed by atoms with Gasteiger partial charge in [0.15, 0.2) is 0 Å². The zero-order valence-electron chi connectivity index (χ0n) is 14.2. The number of rotatable bonds is 10. The first-order valence-electron chi connectivity index (χ1n) is 8.22. The summed E-state index contributed by atoms with van der Waals surface area (Å²) >= 11 is 1.48. The van der Waals surface area contributed by atoms with Crippen LogP contribution in [0.3, 0.4) is 0 Å². The van der Waals surface area contributed by atoms with E-state index in [1.807, 2.05) is 55.5 Å². The van der Waals surface area contributed by atoms with Crippen LogP contribution in [0.25, 0.3) is 0 Å². The minimum absolute atomic E-state index is 0.0227. The van der Waals surface area contributed by atoms with Crippen LogP contribution < -0.4 is 9.47 Å². The molecular weight excluding hydrogens is 340 g/mol. The van der Waals surface area contributed by atoms with Gasteiger partial charge in [-0.1, -0.05) is 43.0 Å². The zero-order valence-corrected chi connectivity index (χ0v) is 15.0. The summed E-state index contributed by atoms with van der Waals surface area (Å²) in [5.41, 5.74) is 0. The number of benzene rings is 2. The van der Waals surface area contributed by atoms with Crippen LogP contribution in [-0.4, -0.2) is 47.3 Å². The molecule has 0 bridgehead atoms. The lowest BCUT2D eigenvalue weighted by molar-refractivity contribution is 0.0527. The molecule has 0 heterocycles. The Morgan fingerprint density at radius 2 is 1.32 bits per heavy atom. The zero-order chi connectivity index (χ0) is 18.1. The molecule has 2 aromatic carbocycles. The van der Waals surface area contributed by atoms with E-state index in [-0.39, 0.29) is 19.8 Å². The number of ether oxygens (including phenoxy) is 2. The van der Waals surface area contributed by atoms with Gasteiger partial charge in [0.2, 0.25) is 0 Å². The Morgan fingerprint density at radius 1 is 0.840 bits per heavy atom. The molecule has 3 N–H and O–H groups in total. The summed E-state index contributed by atoms with van der Waals surface area (Å²) in [6.45, 7) is 1.83. The molecule has 0 aliphatic heterocycles. The Labute approximate surface area is 152 Å². The molecule has 0 spiro atoms. The highest BCUT2D eigenvalue weighted by atomic mass is 32.2. The molecule has 0 aromatic heterocycles. The molecule has 0 aliphatic rings. The molecular formula is C19H24O5S. The third-order valence-corrected chi connectivity index (χ3v) is 4.58. The Bertz CT molecular complexity index is 594. The predicted octanol–water partition coefficient (Wildman–Crippen LogP) is 2.72. The van der Waals surface area contributed by atoms with Gasteiger partial charge in [0.1, 0.15) is 30.8 Å². The van der Waals surface area contributed by atoms with E-state index in [1.54, 1.807) is 0 Å². The molecule has 0 saturated carbocycles. The quantitative estimate of drug-likeness (QED) is 0.602. The summed E-state index contributed by atoms with van der Waals surface area (Å²) in [4.78, 5) is 1.78. The fourth-order valence-corrected chi connectivity index (χ4v) is 2.95. The van der Waals surface area contributed by atoms with E-state index >= 15 is 0 Å². The van der Waals surface area contributed by atoms with Crippen LogP contribution in [0.15, 0.2) is 58.3 Å². The third kappa shape index (κ3) is 6.25. The Hall–Kier alpha value is -1.73. The van der Waals surface area contributed by atoms with Crippen molar-refractivity contribution >= 4 is 11.8 Å². The molecule has 2 atom stereocenters. The van der Waals surface area contributed by atoms with Crippen LogP contribution >= 0.6 is 11.8 Å². The van der Waals surface area contributed by atoms with E-state index in [4.69, 9.17) is 14.6 Å². The van der Waals surface area contributed by atoms with Crippen molar-refractivity contribution in [1.29, 1.82) is 0 Å². The summed E-state index contributed by atoms with van der Waals surface area (Å²) in [5.74, 6) is 1.33. The van der Waals surface area contributed by atoms with E-state index in [0.717, 1.165) is 9.79 Å². The van der Waals surface area contributed by atoms with Crippen molar-refractivity contribution in [1.82, 2.24) is 0 Å². The van der Waals surface area contributed by atoms with Gasteiger partial charge in [0.25, 0.3) is 0 Å². The van der Waals surface area contributed by atoms with Crippen molar-refractivity contribution in [2.24, 2.45) is 0 Å². The maximum atomic E-state index is 9.69. The first-order chi connectivity index (χ1) is 12.1. The van der Waals surface area contributed by atoms with Crippen molar-refractivity contribution in [3.05, 3.63) is 48.5 Å². The Balaban J connectivity index is 2.11. The first kappa shape index (κ1) is 19.6. The smallest absolute Gasteiger partial charge is 0.133 e. The average molecular weight is 364 g/mol. The van der Waals surface area contributed by atoms with Crippen molar-refractivity contribution in [3.8, 4) is 11.5 Å². The van der Waals surface area contributed by atoms with Gasteiger partial charge in [-0.25, -0.2) is 0 Å². The van der Waals surface area contributed by atoms with Gasteiger partial charge in [-0.3, -0.25) is 0 Å². The predicted molar refractivity (Wildman–Crippen MR) is 97.4 cm³/mol. The van der Waals surface area contributed by atoms with E-state index in [1.165, 1.54) is 11.8 Å². The monoisotopic (exact) mass is 364 g/mol. The molecule has 0 amide bonds. The summed E-state index contributed by atoms with van der Waals surface area (Å²) in [6.07, 6.45) is -0.767. The summed E-state index contributed by atoms with van der Waals surface area (Å²) < 4.78 is 11.3. The lowest BCUT2D eigenvalue weighted by Gasteiger charge is -2.16. The minimum atomic E-state index is -0.913. The Morgan fingerprint density at radius 3 is 1.80 bits per heavy atom. The fourth-order valence-electron chi connectivity index (χ4n) is 1.97. The van der Waals surface area contributed by atoms with Crippen molar-refractivity contribution in [2.45, 2.75) is 35.3 Å². The lowest BCUT2D eigenvalue weighted by Crippen LogP contribution is -2.21. The highest BCUT2D eigenvalue weighted by molar-refractivity contribution is 7.99. The molecule has 0 saturated heterocycles. The molecule has 5 nitrogen and oxygen atoms in total. The van der Waals surface area contributed by atoms with Gasteiger partial charge >= 0.3 is 0 Å². The molecule has 0 radical (unpaired) electrons. The number of aliphatic hydroxyl groups excluding tert-OH is 3. The topological polar surface area (TPSA) is 79.2 Å². The van der Waals surface area contributed by atoms with Gasteiger partial charge < -0.3 is 24.8 Å². The molecule has 2 unspecified atom stereocenters. The highest BCUT2D eigenvalue weighted by Gasteiger charge is 2.12. The van der Waals surface area contributed by atoms with Gasteiger partial charge in [0.05, 0.1) is 22.5 Å². The SMILES string of the molecule is CCC(O)COc1ccccc1Sc1ccccc1OCC(O)CO. The lowest BCUT2D eigenvalue weighted by atomic mass is 10.3. The van der Waals surface area contributed by atoms with Crippen LogP contribution in [0.2, 0.25) is 0 Å². The maximum Gasteiger partial charge on any atom is 0.133 e. The number of hydrogen-bond acceptors (Lipinski definition) is 6. The normalized spacial score (nSPS) is 13.3. The summed E-state index contributed by atoms with van der Waals surface area (Å²) in [7, 11) is 0. The number of hydrogen-bond donors (Lipinski definition) is 3. The van der Waals surface area contributed by atoms with Gasteiger partial charge in [0, 0.05) is 0 Å². The van der Waals surface area contributed by atoms with Crippen molar-refractivity contribution in [3.63, 3.8) is 0 Å². The van der Waals surface area contributed by atoms with Crippen molar-refractivity contribution in [2.75, 3.05) is 19.8 Å². The van der Waals surface area contributed by atoms with E-state index in [0.29, 0.717) is 17.9 Å². The standard InChI is InChI=1S/C19H24O5S/c1-2-14(21)12-23-16-7-3-5-9-18(16)25-19-10-6-4-8-17(19)24-13-15(22)11-20/h3-10,14-15,20-22H,2,11-13H2,1H3. The summed E-state index contributed by atoms with van der Waals surface area (Å²) in [6, 6.07) is 15.1. The van der Waals surface area contributed by atoms with E-state index in [2.05, 4.69) is 0 Å². The van der Waals surface area contributed by atoms with Gasteiger partial charge in [-0.2, -0.15) is 0 Å². The number of para-hydroxylation sites is 2. The molecule has 6 heteroatoms. The first-order valence-corrected chi connectivity index (χ1v) is 9.04. The van der Waals surface area contributed by atoms with Gasteiger partial charge in [-0.05, 0) is 30.7 Å². The van der Waals surface area contributed by atoms with Crippen LogP contribution in [-0.2, 0) is 0 Å². The second-order valence-electron chi connectivity index (χ2n) is 5.52. The fraction of sp³-hybridized carbons (Fsp3) is 0.368. The molecule has 0 aliphatic carbocycles. The van der Waals surface area contributed by atoms with Gasteiger partial charge in [-0.15, -0.1) is 0 Å². The second kappa shape index (κ2) is 10.3. The summed E-state index contributed by atoms with van der Waals surface area (Å²) in [5, 5.41) is 28.1. The maximum absolute atomic E-state index is 9.69. The Kier molecular flexibility index (Phi) is 8.08. The molecule has 2 aromatic rings. The molecule has 136 valence electrons. The number of aliphatic hydroxyl groups is 3. The molecule has 25 heavy (non-hydrogen) atoms. The van der Waals surface area contributed by atoms with Crippen LogP contribution in [0.1, 0.15) is 13.3 Å². The average Bonchev–Trinajstić information content (AvgIpc) is 2.66. The van der Waals surface area contributed by atoms with Crippen LogP contribution in [0.5, 0.6) is 11.5 Å². The van der Waals surface area contributed by atoms with Crippen LogP contribution in [0.4, 0.5) is 0 Å². The van der Waals surface area contributed by atoms with Crippen molar-refractivity contribution < 1.29 is 24.8 Å². The van der Waals surface area contributed by atoms with E-state index in [9.17, 15) is 10.2 Å². The molecule has 2 rings (SSSR count). The highest BCUT2D eigenvalue weighted by Crippen LogP contribution is 2.39. The molecule has 0 fully saturated rings. The second-order valence-corrected chi connectivity index (χ2v) is 6.60. The largest absolute Gasteiger partial charge is 0.490 e. The van der Waals surface area contributed by atoms with E-state index < -0.39 is 12.2 Å². The minimum Gasteiger partial charge on any atom is -0.490 e.